The van der Waals surface area contributed by atoms with Crippen LogP contribution in [0.5, 0.6) is 0 Å². The van der Waals surface area contributed by atoms with Crippen LogP contribution in [-0.4, -0.2) is 68.7 Å². The van der Waals surface area contributed by atoms with Crippen LogP contribution < -0.4 is 10.6 Å². The predicted octanol–water partition coefficient (Wildman–Crippen LogP) is -0.653. The van der Waals surface area contributed by atoms with Crippen molar-refractivity contribution in [1.29, 1.82) is 0 Å². The average Bonchev–Trinajstić information content (AvgIpc) is 2.66. The molecule has 150 valence electrons. The fourth-order valence-electron chi connectivity index (χ4n) is 2.57. The van der Waals surface area contributed by atoms with Gasteiger partial charge in [-0.05, 0) is 31.9 Å². The zero-order valence-corrected chi connectivity index (χ0v) is 16.0. The first-order valence-electron chi connectivity index (χ1n) is 8.73. The normalized spacial score (nSPS) is 18.1. The van der Waals surface area contributed by atoms with Crippen molar-refractivity contribution >= 4 is 21.8 Å². The second-order valence-electron chi connectivity index (χ2n) is 6.15. The summed E-state index contributed by atoms with van der Waals surface area (Å²) in [7, 11) is -3.78. The first-order valence-corrected chi connectivity index (χ1v) is 10.2. The second-order valence-corrected chi connectivity index (χ2v) is 8.04. The van der Waals surface area contributed by atoms with Gasteiger partial charge < -0.3 is 20.5 Å². The number of aliphatic hydroxyl groups excluding tert-OH is 1. The third-order valence-corrected chi connectivity index (χ3v) is 5.95. The number of nitrogens with zero attached hydrogens (tertiary/aromatic N) is 1. The number of rotatable bonds is 7. The van der Waals surface area contributed by atoms with Crippen molar-refractivity contribution in [3.05, 3.63) is 29.8 Å². The Labute approximate surface area is 158 Å². The molecule has 1 heterocycles. The van der Waals surface area contributed by atoms with Gasteiger partial charge in [0.1, 0.15) is 6.23 Å². The van der Waals surface area contributed by atoms with Crippen molar-refractivity contribution in [3.63, 3.8) is 0 Å². The van der Waals surface area contributed by atoms with E-state index in [0.29, 0.717) is 19.4 Å². The summed E-state index contributed by atoms with van der Waals surface area (Å²) < 4.78 is 32.5. The number of hydrogen-bond donors (Lipinski definition) is 3. The molecule has 27 heavy (non-hydrogen) atoms. The molecule has 2 amide bonds. The molecule has 1 fully saturated rings. The van der Waals surface area contributed by atoms with Crippen molar-refractivity contribution in [3.8, 4) is 0 Å². The van der Waals surface area contributed by atoms with E-state index >= 15 is 0 Å². The maximum absolute atomic E-state index is 12.9. The Hall–Kier alpha value is -2.01. The summed E-state index contributed by atoms with van der Waals surface area (Å²) in [5.41, 5.74) is 0.944. The topological polar surface area (TPSA) is 125 Å². The minimum absolute atomic E-state index is 0.0936. The summed E-state index contributed by atoms with van der Waals surface area (Å²) in [6, 6.07) is 6.49. The van der Waals surface area contributed by atoms with Gasteiger partial charge in [-0.2, -0.15) is 4.31 Å². The first kappa shape index (κ1) is 21.3. The summed E-state index contributed by atoms with van der Waals surface area (Å²) in [6.45, 7) is 2.44. The van der Waals surface area contributed by atoms with E-state index in [1.54, 1.807) is 12.1 Å². The zero-order valence-electron chi connectivity index (χ0n) is 15.2. The number of ether oxygens (including phenoxy) is 1. The summed E-state index contributed by atoms with van der Waals surface area (Å²) in [5.74, 6) is -1.72. The highest BCUT2D eigenvalue weighted by Crippen LogP contribution is 2.22. The van der Waals surface area contributed by atoms with E-state index in [-0.39, 0.29) is 31.1 Å². The highest BCUT2D eigenvalue weighted by atomic mass is 32.2. The highest BCUT2D eigenvalue weighted by Gasteiger charge is 2.34. The molecule has 1 aromatic rings. The maximum atomic E-state index is 12.9. The van der Waals surface area contributed by atoms with Gasteiger partial charge in [-0.1, -0.05) is 17.7 Å². The van der Waals surface area contributed by atoms with Gasteiger partial charge in [0, 0.05) is 19.7 Å². The van der Waals surface area contributed by atoms with Gasteiger partial charge in [-0.25, -0.2) is 8.42 Å². The van der Waals surface area contributed by atoms with Crippen LogP contribution in [0.2, 0.25) is 0 Å². The van der Waals surface area contributed by atoms with Gasteiger partial charge in [-0.3, -0.25) is 9.59 Å². The third kappa shape index (κ3) is 5.73. The lowest BCUT2D eigenvalue weighted by atomic mass is 10.2. The summed E-state index contributed by atoms with van der Waals surface area (Å²) in [5, 5.41) is 13.4. The van der Waals surface area contributed by atoms with Crippen molar-refractivity contribution in [2.24, 2.45) is 0 Å². The number of carbonyl (C=O) groups is 2. The van der Waals surface area contributed by atoms with Crippen molar-refractivity contribution in [2.75, 3.05) is 32.8 Å². The van der Waals surface area contributed by atoms with Crippen molar-refractivity contribution in [1.82, 2.24) is 14.9 Å². The van der Waals surface area contributed by atoms with Crippen molar-refractivity contribution in [2.45, 2.75) is 30.9 Å². The largest absolute Gasteiger partial charge is 0.396 e. The van der Waals surface area contributed by atoms with E-state index in [9.17, 15) is 18.0 Å². The van der Waals surface area contributed by atoms with E-state index in [1.165, 1.54) is 16.4 Å². The quantitative estimate of drug-likeness (QED) is 0.413. The number of carbonyl (C=O) groups excluding carboxylic acids is 2. The fraction of sp³-hybridized carbons (Fsp3) is 0.529. The Morgan fingerprint density at radius 1 is 1.22 bits per heavy atom. The van der Waals surface area contributed by atoms with Crippen LogP contribution in [-0.2, 0) is 24.3 Å². The Morgan fingerprint density at radius 2 is 1.89 bits per heavy atom. The SMILES string of the molecule is Cc1ccc(S(=O)(=O)N2CCCOC2CNC(=O)C(=O)NCCCO)cc1. The van der Waals surface area contributed by atoms with Crippen molar-refractivity contribution < 1.29 is 27.9 Å². The van der Waals surface area contributed by atoms with Gasteiger partial charge in [0.2, 0.25) is 10.0 Å². The molecule has 1 atom stereocenters. The predicted molar refractivity (Wildman–Crippen MR) is 97.2 cm³/mol. The molecule has 0 radical (unpaired) electrons. The zero-order chi connectivity index (χ0) is 19.9. The Balaban J connectivity index is 2.01. The van der Waals surface area contributed by atoms with Gasteiger partial charge in [0.05, 0.1) is 18.0 Å². The minimum atomic E-state index is -3.78. The summed E-state index contributed by atoms with van der Waals surface area (Å²) in [6.07, 6.45) is -0.0101. The molecule has 10 heteroatoms. The van der Waals surface area contributed by atoms with Gasteiger partial charge >= 0.3 is 11.8 Å². The molecule has 3 N–H and O–H groups in total. The molecule has 1 aliphatic rings. The average molecular weight is 399 g/mol. The van der Waals surface area contributed by atoms with Crippen LogP contribution in [0.4, 0.5) is 0 Å². The van der Waals surface area contributed by atoms with E-state index in [4.69, 9.17) is 9.84 Å². The number of hydrogen-bond acceptors (Lipinski definition) is 6. The van der Waals surface area contributed by atoms with E-state index < -0.39 is 28.1 Å². The number of benzene rings is 1. The van der Waals surface area contributed by atoms with Gasteiger partial charge in [-0.15, -0.1) is 0 Å². The molecular weight excluding hydrogens is 374 g/mol. The molecule has 1 aliphatic heterocycles. The molecular formula is C17H25N3O6S. The fourth-order valence-corrected chi connectivity index (χ4v) is 4.13. The van der Waals surface area contributed by atoms with Crippen LogP contribution in [0, 0.1) is 6.92 Å². The lowest BCUT2D eigenvalue weighted by molar-refractivity contribution is -0.140. The summed E-state index contributed by atoms with van der Waals surface area (Å²) >= 11 is 0. The Bertz CT molecular complexity index is 750. The third-order valence-electron chi connectivity index (χ3n) is 4.05. The molecule has 9 nitrogen and oxygen atoms in total. The molecule has 1 aromatic carbocycles. The molecule has 0 aliphatic carbocycles. The lowest BCUT2D eigenvalue weighted by Gasteiger charge is -2.34. The first-order chi connectivity index (χ1) is 12.9. The molecule has 0 aromatic heterocycles. The molecule has 1 unspecified atom stereocenters. The number of aryl methyl sites for hydroxylation is 1. The standard InChI is InChI=1S/C17H25N3O6S/c1-13-4-6-14(7-5-13)27(24,25)20-9-3-11-26-15(20)12-19-17(23)16(22)18-8-2-10-21/h4-7,15,21H,2-3,8-12H2,1H3,(H,18,22)(H,19,23). The molecule has 2 rings (SSSR count). The monoisotopic (exact) mass is 399 g/mol. The number of nitrogens with one attached hydrogen (secondary N) is 2. The molecule has 0 bridgehead atoms. The van der Waals surface area contributed by atoms with Crippen LogP contribution in [0.15, 0.2) is 29.2 Å². The van der Waals surface area contributed by atoms with Gasteiger partial charge in [0.15, 0.2) is 0 Å². The Kier molecular flexibility index (Phi) is 7.72. The van der Waals surface area contributed by atoms with Crippen LogP contribution in [0.3, 0.4) is 0 Å². The van der Waals surface area contributed by atoms with E-state index in [2.05, 4.69) is 10.6 Å². The lowest BCUT2D eigenvalue weighted by Crippen LogP contribution is -2.53. The highest BCUT2D eigenvalue weighted by molar-refractivity contribution is 7.89. The molecule has 0 saturated carbocycles. The molecule has 0 spiro atoms. The minimum Gasteiger partial charge on any atom is -0.396 e. The second kappa shape index (κ2) is 9.79. The van der Waals surface area contributed by atoms with E-state index in [1.807, 2.05) is 6.92 Å². The van der Waals surface area contributed by atoms with Crippen LogP contribution >= 0.6 is 0 Å². The van der Waals surface area contributed by atoms with Gasteiger partial charge in [0.25, 0.3) is 0 Å². The van der Waals surface area contributed by atoms with Crippen LogP contribution in [0.25, 0.3) is 0 Å². The Morgan fingerprint density at radius 3 is 2.56 bits per heavy atom. The molecule has 1 saturated heterocycles. The number of amides is 2. The maximum Gasteiger partial charge on any atom is 0.309 e. The number of sulfonamides is 1. The van der Waals surface area contributed by atoms with Crippen LogP contribution in [0.1, 0.15) is 18.4 Å². The summed E-state index contributed by atoms with van der Waals surface area (Å²) in [4.78, 5) is 23.6. The van der Waals surface area contributed by atoms with E-state index in [0.717, 1.165) is 5.56 Å². The number of aliphatic hydroxyl groups is 1. The smallest absolute Gasteiger partial charge is 0.309 e.